The molecule has 1 rings (SSSR count). The maximum atomic E-state index is 2.63. The van der Waals surface area contributed by atoms with E-state index in [1.165, 1.54) is 25.8 Å². The topological polar surface area (TPSA) is 3.24 Å². The van der Waals surface area contributed by atoms with Crippen LogP contribution in [0.1, 0.15) is 40.0 Å². The number of rotatable bonds is 3. The van der Waals surface area contributed by atoms with E-state index in [1.54, 1.807) is 0 Å². The smallest absolute Gasteiger partial charge is 0.0166 e. The predicted molar refractivity (Wildman–Crippen MR) is 58.9 cm³/mol. The second-order valence-electron chi connectivity index (χ2n) is 4.37. The summed E-state index contributed by atoms with van der Waals surface area (Å²) in [6, 6.07) is 0.824. The van der Waals surface area contributed by atoms with Gasteiger partial charge in [-0.2, -0.15) is 0 Å². The van der Waals surface area contributed by atoms with Crippen molar-refractivity contribution in [2.75, 3.05) is 13.1 Å². The van der Waals surface area contributed by atoms with Crippen molar-refractivity contribution >= 4 is 0 Å². The molecule has 0 amide bonds. The largest absolute Gasteiger partial charge is 0.296 e. The first-order valence-corrected chi connectivity index (χ1v) is 5.61. The summed E-state index contributed by atoms with van der Waals surface area (Å²) in [6.45, 7) is 9.25. The van der Waals surface area contributed by atoms with Gasteiger partial charge in [-0.3, -0.25) is 4.90 Å². The van der Waals surface area contributed by atoms with Crippen LogP contribution in [0.4, 0.5) is 0 Å². The third-order valence-corrected chi connectivity index (χ3v) is 3.01. The van der Waals surface area contributed by atoms with Crippen molar-refractivity contribution in [3.05, 3.63) is 12.2 Å². The zero-order valence-corrected chi connectivity index (χ0v) is 9.29. The Morgan fingerprint density at radius 1 is 1.38 bits per heavy atom. The number of hydrogen-bond acceptors (Lipinski definition) is 1. The van der Waals surface area contributed by atoms with Gasteiger partial charge in [-0.15, -0.1) is 0 Å². The normalized spacial score (nSPS) is 26.0. The van der Waals surface area contributed by atoms with Gasteiger partial charge >= 0.3 is 0 Å². The summed E-state index contributed by atoms with van der Waals surface area (Å²) >= 11 is 0. The van der Waals surface area contributed by atoms with Gasteiger partial charge in [0.25, 0.3) is 0 Å². The van der Waals surface area contributed by atoms with Crippen LogP contribution >= 0.6 is 0 Å². The van der Waals surface area contributed by atoms with Crippen LogP contribution in [0.5, 0.6) is 0 Å². The highest BCUT2D eigenvalue weighted by Gasteiger charge is 2.23. The highest BCUT2D eigenvalue weighted by molar-refractivity contribution is 4.87. The molecular weight excluding hydrogens is 158 g/mol. The molecule has 1 saturated heterocycles. The molecule has 1 fully saturated rings. The van der Waals surface area contributed by atoms with E-state index in [-0.39, 0.29) is 0 Å². The average molecular weight is 181 g/mol. The minimum absolute atomic E-state index is 0.811. The van der Waals surface area contributed by atoms with Gasteiger partial charge in [-0.05, 0) is 32.2 Å². The molecule has 1 aliphatic rings. The monoisotopic (exact) mass is 181 g/mol. The molecule has 0 spiro atoms. The minimum Gasteiger partial charge on any atom is -0.296 e. The van der Waals surface area contributed by atoms with Crippen LogP contribution < -0.4 is 0 Å². The van der Waals surface area contributed by atoms with Gasteiger partial charge in [-0.1, -0.05) is 32.4 Å². The van der Waals surface area contributed by atoms with E-state index in [1.807, 2.05) is 0 Å². The Kier molecular flexibility index (Phi) is 4.51. The summed E-state index contributed by atoms with van der Waals surface area (Å²) in [7, 11) is 0. The van der Waals surface area contributed by atoms with E-state index >= 15 is 0 Å². The first kappa shape index (κ1) is 10.8. The van der Waals surface area contributed by atoms with Crippen LogP contribution in [-0.4, -0.2) is 24.0 Å². The average Bonchev–Trinajstić information content (AvgIpc) is 2.15. The molecule has 0 saturated carbocycles. The number of hydrogen-bond donors (Lipinski definition) is 0. The van der Waals surface area contributed by atoms with Crippen molar-refractivity contribution in [3.63, 3.8) is 0 Å². The zero-order chi connectivity index (χ0) is 9.68. The lowest BCUT2D eigenvalue weighted by atomic mass is 9.93. The van der Waals surface area contributed by atoms with Crippen LogP contribution in [0.2, 0.25) is 0 Å². The lowest BCUT2D eigenvalue weighted by molar-refractivity contribution is 0.126. The molecule has 0 bridgehead atoms. The van der Waals surface area contributed by atoms with E-state index in [0.717, 1.165) is 18.5 Å². The molecule has 13 heavy (non-hydrogen) atoms. The van der Waals surface area contributed by atoms with Crippen molar-refractivity contribution < 1.29 is 0 Å². The SMILES string of the molecule is C/C=C/CN1CCCCC1C(C)C. The van der Waals surface area contributed by atoms with Gasteiger partial charge in [0.05, 0.1) is 0 Å². The highest BCUT2D eigenvalue weighted by Crippen LogP contribution is 2.22. The van der Waals surface area contributed by atoms with Gasteiger partial charge < -0.3 is 0 Å². The van der Waals surface area contributed by atoms with Crippen molar-refractivity contribution in [1.29, 1.82) is 0 Å². The fourth-order valence-electron chi connectivity index (χ4n) is 2.24. The molecule has 0 aliphatic carbocycles. The van der Waals surface area contributed by atoms with Gasteiger partial charge in [-0.25, -0.2) is 0 Å². The van der Waals surface area contributed by atoms with Crippen molar-refractivity contribution in [3.8, 4) is 0 Å². The molecule has 76 valence electrons. The Morgan fingerprint density at radius 3 is 2.77 bits per heavy atom. The summed E-state index contributed by atoms with van der Waals surface area (Å²) < 4.78 is 0. The molecule has 0 radical (unpaired) electrons. The summed E-state index contributed by atoms with van der Waals surface area (Å²) in [6.07, 6.45) is 8.65. The summed E-state index contributed by atoms with van der Waals surface area (Å²) in [5, 5.41) is 0. The fraction of sp³-hybridized carbons (Fsp3) is 0.833. The van der Waals surface area contributed by atoms with E-state index < -0.39 is 0 Å². The third kappa shape index (κ3) is 3.15. The molecule has 0 aromatic carbocycles. The molecule has 1 nitrogen and oxygen atoms in total. The van der Waals surface area contributed by atoms with Crippen LogP contribution in [0, 0.1) is 5.92 Å². The van der Waals surface area contributed by atoms with Crippen molar-refractivity contribution in [2.45, 2.75) is 46.1 Å². The van der Waals surface area contributed by atoms with Gasteiger partial charge in [0.1, 0.15) is 0 Å². The quantitative estimate of drug-likeness (QED) is 0.605. The second kappa shape index (κ2) is 5.43. The first-order valence-electron chi connectivity index (χ1n) is 5.61. The van der Waals surface area contributed by atoms with Crippen LogP contribution in [0.25, 0.3) is 0 Å². The van der Waals surface area contributed by atoms with E-state index in [4.69, 9.17) is 0 Å². The fourth-order valence-corrected chi connectivity index (χ4v) is 2.24. The molecule has 1 atom stereocenters. The maximum absolute atomic E-state index is 2.63. The highest BCUT2D eigenvalue weighted by atomic mass is 15.2. The molecule has 1 heteroatoms. The van der Waals surface area contributed by atoms with Crippen molar-refractivity contribution in [2.24, 2.45) is 5.92 Å². The Hall–Kier alpha value is -0.300. The predicted octanol–water partition coefficient (Wildman–Crippen LogP) is 3.07. The zero-order valence-electron chi connectivity index (χ0n) is 9.29. The van der Waals surface area contributed by atoms with Gasteiger partial charge in [0.2, 0.25) is 0 Å². The second-order valence-corrected chi connectivity index (χ2v) is 4.37. The van der Waals surface area contributed by atoms with Crippen LogP contribution in [-0.2, 0) is 0 Å². The molecular formula is C12H23N. The summed E-state index contributed by atoms with van der Waals surface area (Å²) in [5.74, 6) is 0.811. The van der Waals surface area contributed by atoms with Crippen molar-refractivity contribution in [1.82, 2.24) is 4.90 Å². The lowest BCUT2D eigenvalue weighted by Gasteiger charge is -2.37. The van der Waals surface area contributed by atoms with Crippen LogP contribution in [0.3, 0.4) is 0 Å². The molecule has 0 aromatic heterocycles. The Bertz CT molecular complexity index is 161. The molecule has 0 N–H and O–H groups in total. The first-order chi connectivity index (χ1) is 6.25. The molecule has 1 heterocycles. The maximum Gasteiger partial charge on any atom is 0.0166 e. The molecule has 1 aliphatic heterocycles. The van der Waals surface area contributed by atoms with E-state index in [2.05, 4.69) is 37.8 Å². The lowest BCUT2D eigenvalue weighted by Crippen LogP contribution is -2.42. The number of piperidine rings is 1. The van der Waals surface area contributed by atoms with E-state index in [0.29, 0.717) is 0 Å². The van der Waals surface area contributed by atoms with Gasteiger partial charge in [0.15, 0.2) is 0 Å². The standard InChI is InChI=1S/C12H23N/c1-4-5-9-13-10-7-6-8-12(13)11(2)3/h4-5,11-12H,6-10H2,1-3H3/b5-4+. The number of nitrogens with zero attached hydrogens (tertiary/aromatic N) is 1. The summed E-state index contributed by atoms with van der Waals surface area (Å²) in [5.41, 5.74) is 0. The summed E-state index contributed by atoms with van der Waals surface area (Å²) in [4.78, 5) is 2.63. The third-order valence-electron chi connectivity index (χ3n) is 3.01. The number of allylic oxidation sites excluding steroid dienone is 1. The van der Waals surface area contributed by atoms with Gasteiger partial charge in [0, 0.05) is 12.6 Å². The Morgan fingerprint density at radius 2 is 2.15 bits per heavy atom. The Labute approximate surface area is 82.8 Å². The molecule has 1 unspecified atom stereocenters. The van der Waals surface area contributed by atoms with E-state index in [9.17, 15) is 0 Å². The number of likely N-dealkylation sites (tertiary alicyclic amines) is 1. The Balaban J connectivity index is 2.46. The van der Waals surface area contributed by atoms with Crippen LogP contribution in [0.15, 0.2) is 12.2 Å². The molecule has 0 aromatic rings. The minimum atomic E-state index is 0.811.